The van der Waals surface area contributed by atoms with E-state index in [9.17, 15) is 4.79 Å². The molecule has 0 spiro atoms. The van der Waals surface area contributed by atoms with E-state index in [1.165, 1.54) is 11.9 Å². The van der Waals surface area contributed by atoms with E-state index in [-0.39, 0.29) is 5.91 Å². The van der Waals surface area contributed by atoms with Crippen molar-refractivity contribution >= 4 is 5.91 Å². The minimum absolute atomic E-state index is 0.126. The summed E-state index contributed by atoms with van der Waals surface area (Å²) in [7, 11) is 0. The first-order chi connectivity index (χ1) is 5.18. The van der Waals surface area contributed by atoms with Gasteiger partial charge in [0.25, 0.3) is 0 Å². The molecule has 66 valence electrons. The zero-order valence-corrected chi connectivity index (χ0v) is 6.75. The number of carbonyl (C=O) groups excluding carboxylic acids is 1. The number of nitrogens with zero attached hydrogens (tertiary/aromatic N) is 1. The van der Waals surface area contributed by atoms with Gasteiger partial charge in [-0.1, -0.05) is 0 Å². The fraction of sp³-hybridized carbons (Fsp3) is 0.833. The molecular weight excluding hydrogens is 146 g/mol. The molecule has 11 heavy (non-hydrogen) atoms. The first kappa shape index (κ1) is 10.3. The fourth-order valence-electron chi connectivity index (χ4n) is 0.625. The van der Waals surface area contributed by atoms with Crippen molar-refractivity contribution < 1.29 is 9.63 Å². The van der Waals surface area contributed by atoms with E-state index in [0.717, 1.165) is 12.8 Å². The number of hydrogen-bond donors (Lipinski definition) is 2. The van der Waals surface area contributed by atoms with Crippen molar-refractivity contribution in [2.75, 3.05) is 13.2 Å². The summed E-state index contributed by atoms with van der Waals surface area (Å²) >= 11 is 0. The Morgan fingerprint density at radius 2 is 2.18 bits per heavy atom. The molecule has 0 fully saturated rings. The van der Waals surface area contributed by atoms with Gasteiger partial charge in [0.1, 0.15) is 0 Å². The standard InChI is InChI=1S/C6H15N3O2/c1-6(10)9(7)4-2-3-5-11-8/h2-5,7-8H2,1H3. The van der Waals surface area contributed by atoms with Crippen molar-refractivity contribution in [2.45, 2.75) is 19.8 Å². The Hall–Kier alpha value is -0.650. The van der Waals surface area contributed by atoms with E-state index >= 15 is 0 Å². The molecule has 0 rings (SSSR count). The Labute approximate surface area is 66.2 Å². The molecule has 0 aromatic heterocycles. The number of carbonyl (C=O) groups is 1. The predicted octanol–water partition coefficient (Wildman–Crippen LogP) is -0.621. The maximum Gasteiger partial charge on any atom is 0.233 e. The largest absolute Gasteiger partial charge is 0.305 e. The van der Waals surface area contributed by atoms with Gasteiger partial charge in [-0.05, 0) is 12.8 Å². The predicted molar refractivity (Wildman–Crippen MR) is 40.9 cm³/mol. The van der Waals surface area contributed by atoms with Gasteiger partial charge in [0, 0.05) is 13.5 Å². The molecule has 0 aromatic rings. The van der Waals surface area contributed by atoms with Crippen molar-refractivity contribution in [3.05, 3.63) is 0 Å². The summed E-state index contributed by atoms with van der Waals surface area (Å²) < 4.78 is 0. The molecule has 0 bridgehead atoms. The third kappa shape index (κ3) is 5.78. The number of hydrazine groups is 1. The maximum absolute atomic E-state index is 10.6. The monoisotopic (exact) mass is 161 g/mol. The Bertz CT molecular complexity index is 118. The highest BCUT2D eigenvalue weighted by Crippen LogP contribution is 1.90. The molecule has 5 nitrogen and oxygen atoms in total. The zero-order valence-electron chi connectivity index (χ0n) is 6.75. The molecule has 0 unspecified atom stereocenters. The van der Waals surface area contributed by atoms with E-state index in [1.54, 1.807) is 0 Å². The van der Waals surface area contributed by atoms with Crippen LogP contribution in [0.15, 0.2) is 0 Å². The molecule has 0 heterocycles. The first-order valence-electron chi connectivity index (χ1n) is 3.53. The van der Waals surface area contributed by atoms with E-state index in [1.807, 2.05) is 0 Å². The van der Waals surface area contributed by atoms with Gasteiger partial charge in [-0.25, -0.2) is 11.7 Å². The van der Waals surface area contributed by atoms with Gasteiger partial charge in [0.15, 0.2) is 0 Å². The lowest BCUT2D eigenvalue weighted by Crippen LogP contribution is -2.36. The van der Waals surface area contributed by atoms with E-state index in [0.29, 0.717) is 13.2 Å². The average Bonchev–Trinajstić information content (AvgIpc) is 1.97. The summed E-state index contributed by atoms with van der Waals surface area (Å²) in [6.07, 6.45) is 1.63. The van der Waals surface area contributed by atoms with Gasteiger partial charge in [-0.15, -0.1) is 0 Å². The number of unbranched alkanes of at least 4 members (excludes halogenated alkanes) is 1. The lowest BCUT2D eigenvalue weighted by molar-refractivity contribution is -0.129. The molecule has 5 heteroatoms. The Balaban J connectivity index is 3.17. The third-order valence-electron chi connectivity index (χ3n) is 1.32. The van der Waals surface area contributed by atoms with Crippen LogP contribution in [0.5, 0.6) is 0 Å². The topological polar surface area (TPSA) is 81.6 Å². The van der Waals surface area contributed by atoms with Crippen LogP contribution in [0.4, 0.5) is 0 Å². The third-order valence-corrected chi connectivity index (χ3v) is 1.32. The highest BCUT2D eigenvalue weighted by Gasteiger charge is 2.00. The normalized spacial score (nSPS) is 9.73. The Morgan fingerprint density at radius 1 is 1.55 bits per heavy atom. The van der Waals surface area contributed by atoms with Crippen LogP contribution in [0.1, 0.15) is 19.8 Å². The molecule has 0 aliphatic carbocycles. The second-order valence-electron chi connectivity index (χ2n) is 2.29. The summed E-state index contributed by atoms with van der Waals surface area (Å²) in [6.45, 7) is 2.49. The van der Waals surface area contributed by atoms with Gasteiger partial charge in [0.2, 0.25) is 5.91 Å². The fourth-order valence-corrected chi connectivity index (χ4v) is 0.625. The zero-order chi connectivity index (χ0) is 8.69. The maximum atomic E-state index is 10.6. The molecular formula is C6H15N3O2. The summed E-state index contributed by atoms with van der Waals surface area (Å²) in [5.74, 6) is 9.98. The minimum atomic E-state index is -0.126. The van der Waals surface area contributed by atoms with Crippen LogP contribution < -0.4 is 11.7 Å². The van der Waals surface area contributed by atoms with Crippen molar-refractivity contribution in [1.82, 2.24) is 5.01 Å². The molecule has 4 N–H and O–H groups in total. The lowest BCUT2D eigenvalue weighted by Gasteiger charge is -2.12. The van der Waals surface area contributed by atoms with Crippen molar-refractivity contribution in [3.63, 3.8) is 0 Å². The molecule has 0 aromatic carbocycles. The van der Waals surface area contributed by atoms with Gasteiger partial charge in [0.05, 0.1) is 6.61 Å². The van der Waals surface area contributed by atoms with Gasteiger partial charge >= 0.3 is 0 Å². The Morgan fingerprint density at radius 3 is 2.64 bits per heavy atom. The highest BCUT2D eigenvalue weighted by atomic mass is 16.6. The average molecular weight is 161 g/mol. The van der Waals surface area contributed by atoms with Crippen LogP contribution in [0.25, 0.3) is 0 Å². The van der Waals surface area contributed by atoms with Crippen LogP contribution in [0, 0.1) is 0 Å². The molecule has 1 amide bonds. The van der Waals surface area contributed by atoms with E-state index in [2.05, 4.69) is 4.84 Å². The molecule has 0 aliphatic heterocycles. The number of hydrogen-bond acceptors (Lipinski definition) is 4. The van der Waals surface area contributed by atoms with Crippen LogP contribution in [-0.4, -0.2) is 24.1 Å². The quantitative estimate of drug-likeness (QED) is 0.244. The summed E-state index contributed by atoms with van der Waals surface area (Å²) in [5.41, 5.74) is 0. The van der Waals surface area contributed by atoms with Crippen molar-refractivity contribution in [3.8, 4) is 0 Å². The SMILES string of the molecule is CC(=O)N(N)CCCCON. The molecule has 0 saturated carbocycles. The smallest absolute Gasteiger partial charge is 0.233 e. The van der Waals surface area contributed by atoms with E-state index < -0.39 is 0 Å². The van der Waals surface area contributed by atoms with E-state index in [4.69, 9.17) is 11.7 Å². The summed E-state index contributed by atoms with van der Waals surface area (Å²) in [5, 5.41) is 1.18. The number of amides is 1. The van der Waals surface area contributed by atoms with Crippen LogP contribution in [-0.2, 0) is 9.63 Å². The first-order valence-corrected chi connectivity index (χ1v) is 3.53. The van der Waals surface area contributed by atoms with Crippen molar-refractivity contribution in [2.24, 2.45) is 11.7 Å². The van der Waals surface area contributed by atoms with Crippen LogP contribution in [0.2, 0.25) is 0 Å². The number of nitrogens with two attached hydrogens (primary N) is 2. The lowest BCUT2D eigenvalue weighted by atomic mass is 10.3. The highest BCUT2D eigenvalue weighted by molar-refractivity contribution is 5.72. The van der Waals surface area contributed by atoms with Crippen LogP contribution >= 0.6 is 0 Å². The summed E-state index contributed by atoms with van der Waals surface area (Å²) in [6, 6.07) is 0. The molecule has 0 atom stereocenters. The molecule has 0 saturated heterocycles. The number of rotatable bonds is 5. The van der Waals surface area contributed by atoms with Gasteiger partial charge < -0.3 is 4.84 Å². The molecule has 0 aliphatic rings. The van der Waals surface area contributed by atoms with Crippen LogP contribution in [0.3, 0.4) is 0 Å². The van der Waals surface area contributed by atoms with Gasteiger partial charge in [-0.3, -0.25) is 9.80 Å². The minimum Gasteiger partial charge on any atom is -0.305 e. The molecule has 0 radical (unpaired) electrons. The Kier molecular flexibility index (Phi) is 5.73. The van der Waals surface area contributed by atoms with Gasteiger partial charge in [-0.2, -0.15) is 0 Å². The second-order valence-corrected chi connectivity index (χ2v) is 2.29. The van der Waals surface area contributed by atoms with Crippen molar-refractivity contribution in [1.29, 1.82) is 0 Å². The second kappa shape index (κ2) is 6.09. The summed E-state index contributed by atoms with van der Waals surface area (Å²) in [4.78, 5) is 14.9.